The zero-order valence-electron chi connectivity index (χ0n) is 28.0. The Morgan fingerprint density at radius 3 is 2.16 bits per heavy atom. The molecule has 1 aromatic rings. The summed E-state index contributed by atoms with van der Waals surface area (Å²) in [5.41, 5.74) is -0.0633. The summed E-state index contributed by atoms with van der Waals surface area (Å²) in [7, 11) is 0. The molecule has 2 amide bonds. The largest absolute Gasteiger partial charge is 0.424 e. The topological polar surface area (TPSA) is 103 Å². The number of allylic oxidation sites excluding steroid dienone is 2. The van der Waals surface area contributed by atoms with Crippen molar-refractivity contribution < 1.29 is 28.6 Å². The van der Waals surface area contributed by atoms with Crippen LogP contribution in [0.4, 0.5) is 5.69 Å². The number of amides is 2. The van der Waals surface area contributed by atoms with Crippen LogP contribution in [0.25, 0.3) is 0 Å². The molecule has 1 fully saturated rings. The van der Waals surface area contributed by atoms with Crippen LogP contribution >= 0.6 is 0 Å². The van der Waals surface area contributed by atoms with E-state index >= 15 is 0 Å². The first-order valence-electron chi connectivity index (χ1n) is 16.9. The van der Waals surface area contributed by atoms with E-state index in [0.717, 1.165) is 25.7 Å². The smallest absolute Gasteiger partial charge is 0.311 e. The molecule has 8 nitrogen and oxygen atoms in total. The van der Waals surface area contributed by atoms with Crippen LogP contribution < -0.4 is 15.4 Å². The van der Waals surface area contributed by atoms with Crippen LogP contribution in [0.15, 0.2) is 36.4 Å². The van der Waals surface area contributed by atoms with Gasteiger partial charge in [0.25, 0.3) is 0 Å². The van der Waals surface area contributed by atoms with Crippen molar-refractivity contribution in [3.8, 4) is 5.75 Å². The molecule has 1 heterocycles. The third kappa shape index (κ3) is 15.3. The van der Waals surface area contributed by atoms with Crippen LogP contribution in [0.2, 0.25) is 0 Å². The summed E-state index contributed by atoms with van der Waals surface area (Å²) in [5.74, 6) is -1.40. The first-order chi connectivity index (χ1) is 21.0. The first-order valence-corrected chi connectivity index (χ1v) is 16.9. The maximum Gasteiger partial charge on any atom is 0.311 e. The lowest BCUT2D eigenvalue weighted by molar-refractivity contribution is -0.304. The van der Waals surface area contributed by atoms with E-state index in [0.29, 0.717) is 24.5 Å². The second-order valence-electron chi connectivity index (χ2n) is 13.1. The molecule has 2 N–H and O–H groups in total. The highest BCUT2D eigenvalue weighted by atomic mass is 16.7. The average Bonchev–Trinajstić information content (AvgIpc) is 2.97. The molecule has 1 aromatic carbocycles. The number of ether oxygens (including phenoxy) is 3. The number of unbranched alkanes of at least 4 members (excludes halogenated alkanes) is 11. The Morgan fingerprint density at radius 2 is 1.48 bits per heavy atom. The number of para-hydroxylation sites is 2. The van der Waals surface area contributed by atoms with Gasteiger partial charge in [-0.15, -0.1) is 0 Å². The van der Waals surface area contributed by atoms with Gasteiger partial charge in [0.05, 0.1) is 12.3 Å². The number of anilines is 1. The van der Waals surface area contributed by atoms with Gasteiger partial charge < -0.3 is 24.8 Å². The summed E-state index contributed by atoms with van der Waals surface area (Å²) in [6, 6.07) is 6.89. The van der Waals surface area contributed by atoms with Crippen LogP contribution in [0.5, 0.6) is 5.75 Å². The number of nitrogens with one attached hydrogen (secondary N) is 2. The maximum absolute atomic E-state index is 12.8. The highest BCUT2D eigenvalue weighted by Crippen LogP contribution is 2.35. The Hall–Kier alpha value is -2.71. The Balaban J connectivity index is 1.60. The van der Waals surface area contributed by atoms with E-state index < -0.39 is 17.3 Å². The van der Waals surface area contributed by atoms with E-state index in [2.05, 4.69) is 29.7 Å². The quantitative estimate of drug-likeness (QED) is 0.0626. The number of benzene rings is 1. The normalized spacial score (nSPS) is 17.3. The molecule has 0 saturated carbocycles. The zero-order chi connectivity index (χ0) is 32.3. The van der Waals surface area contributed by atoms with Gasteiger partial charge in [0, 0.05) is 24.8 Å². The molecule has 0 spiro atoms. The molecule has 0 bridgehead atoms. The second kappa shape index (κ2) is 20.3. The van der Waals surface area contributed by atoms with Gasteiger partial charge in [0.1, 0.15) is 6.10 Å². The van der Waals surface area contributed by atoms with Gasteiger partial charge in [-0.1, -0.05) is 96.4 Å². The van der Waals surface area contributed by atoms with Crippen molar-refractivity contribution in [1.29, 1.82) is 0 Å². The van der Waals surface area contributed by atoms with E-state index in [1.54, 1.807) is 38.1 Å². The predicted octanol–water partition coefficient (Wildman–Crippen LogP) is 8.25. The van der Waals surface area contributed by atoms with Crippen LogP contribution in [0.1, 0.15) is 131 Å². The van der Waals surface area contributed by atoms with E-state index in [1.807, 2.05) is 13.8 Å². The molecule has 0 aromatic heterocycles. The number of rotatable bonds is 21. The van der Waals surface area contributed by atoms with E-state index in [1.165, 1.54) is 57.8 Å². The third-order valence-corrected chi connectivity index (χ3v) is 7.82. The minimum Gasteiger partial charge on any atom is -0.424 e. The highest BCUT2D eigenvalue weighted by Gasteiger charge is 2.45. The monoisotopic (exact) mass is 614 g/mol. The van der Waals surface area contributed by atoms with Crippen molar-refractivity contribution in [2.24, 2.45) is 5.41 Å². The minimum absolute atomic E-state index is 0.0655. The zero-order valence-corrected chi connectivity index (χ0v) is 28.0. The summed E-state index contributed by atoms with van der Waals surface area (Å²) in [4.78, 5) is 37.9. The second-order valence-corrected chi connectivity index (χ2v) is 13.1. The molecule has 44 heavy (non-hydrogen) atoms. The Kier molecular flexibility index (Phi) is 17.3. The maximum atomic E-state index is 12.8. The van der Waals surface area contributed by atoms with Gasteiger partial charge in [0.2, 0.25) is 11.8 Å². The Morgan fingerprint density at radius 1 is 0.864 bits per heavy atom. The van der Waals surface area contributed by atoms with Crippen molar-refractivity contribution in [2.45, 2.75) is 143 Å². The molecule has 1 atom stereocenters. The molecule has 1 saturated heterocycles. The van der Waals surface area contributed by atoms with Crippen molar-refractivity contribution in [2.75, 3.05) is 18.5 Å². The Labute approximate surface area is 266 Å². The fourth-order valence-electron chi connectivity index (χ4n) is 5.10. The van der Waals surface area contributed by atoms with Crippen LogP contribution in [0.3, 0.4) is 0 Å². The van der Waals surface area contributed by atoms with Gasteiger partial charge in [-0.05, 0) is 58.1 Å². The lowest BCUT2D eigenvalue weighted by Gasteiger charge is -2.44. The lowest BCUT2D eigenvalue weighted by atomic mass is 9.85. The number of carbonyl (C=O) groups is 3. The van der Waals surface area contributed by atoms with Crippen LogP contribution in [-0.2, 0) is 23.9 Å². The van der Waals surface area contributed by atoms with E-state index in [-0.39, 0.29) is 30.7 Å². The van der Waals surface area contributed by atoms with Gasteiger partial charge in [-0.25, -0.2) is 0 Å². The van der Waals surface area contributed by atoms with Crippen molar-refractivity contribution in [1.82, 2.24) is 5.32 Å². The van der Waals surface area contributed by atoms with Crippen molar-refractivity contribution >= 4 is 23.5 Å². The average molecular weight is 615 g/mol. The number of hydrogen-bond acceptors (Lipinski definition) is 6. The highest BCUT2D eigenvalue weighted by molar-refractivity contribution is 5.93. The predicted molar refractivity (Wildman–Crippen MR) is 176 cm³/mol. The fourth-order valence-corrected chi connectivity index (χ4v) is 5.10. The van der Waals surface area contributed by atoms with Crippen molar-refractivity contribution in [3.63, 3.8) is 0 Å². The number of hydrogen-bond donors (Lipinski definition) is 2. The number of carbonyl (C=O) groups excluding carboxylic acids is 3. The van der Waals surface area contributed by atoms with Crippen LogP contribution in [0, 0.1) is 5.41 Å². The fraction of sp³-hybridized carbons (Fsp3) is 0.694. The lowest BCUT2D eigenvalue weighted by Crippen LogP contribution is -2.56. The SMILES string of the molecule is CCCCCCCCC=CCCCCCCCC(=O)Oc1ccccc1NC(=O)CCNC(=O)C1OC(C)(C)OCC1(C)C. The summed E-state index contributed by atoms with van der Waals surface area (Å²) >= 11 is 0. The molecule has 0 radical (unpaired) electrons. The standard InChI is InChI=1S/C36H58N2O6/c1-6-7-8-9-10-11-12-13-14-15-16-17-18-19-20-25-32(40)43-30-24-22-21-23-29(30)38-31(39)26-27-37-34(41)33-35(2,3)28-42-36(4,5)44-33/h13-14,21-24,33H,6-12,15-20,25-28H2,1-5H3,(H,37,41)(H,38,39). The third-order valence-electron chi connectivity index (χ3n) is 7.82. The summed E-state index contributed by atoms with van der Waals surface area (Å²) < 4.78 is 17.1. The van der Waals surface area contributed by atoms with Gasteiger partial charge in [-0.3, -0.25) is 14.4 Å². The summed E-state index contributed by atoms with van der Waals surface area (Å²) in [6.45, 7) is 10.2. The summed E-state index contributed by atoms with van der Waals surface area (Å²) in [6.07, 6.45) is 20.0. The molecule has 1 unspecified atom stereocenters. The van der Waals surface area contributed by atoms with Gasteiger partial charge in [-0.2, -0.15) is 0 Å². The molecule has 1 aliphatic rings. The molecule has 0 aliphatic carbocycles. The van der Waals surface area contributed by atoms with Gasteiger partial charge >= 0.3 is 5.97 Å². The van der Waals surface area contributed by atoms with Gasteiger partial charge in [0.15, 0.2) is 11.5 Å². The van der Waals surface area contributed by atoms with E-state index in [9.17, 15) is 14.4 Å². The molecule has 2 rings (SSSR count). The molecule has 1 aliphatic heterocycles. The van der Waals surface area contributed by atoms with E-state index in [4.69, 9.17) is 14.2 Å². The van der Waals surface area contributed by atoms with Crippen LogP contribution in [-0.4, -0.2) is 42.8 Å². The first kappa shape index (κ1) is 37.5. The Bertz CT molecular complexity index is 1040. The molecule has 8 heteroatoms. The minimum atomic E-state index is -0.847. The summed E-state index contributed by atoms with van der Waals surface area (Å²) in [5, 5.41) is 5.60. The molecular weight excluding hydrogens is 556 g/mol. The molecular formula is C36H58N2O6. The molecule has 248 valence electrons. The number of esters is 1. The van der Waals surface area contributed by atoms with Crippen molar-refractivity contribution in [3.05, 3.63) is 36.4 Å².